The monoisotopic (exact) mass is 550 g/mol. The molecule has 5 heteroatoms. The second-order valence-electron chi connectivity index (χ2n) is 11.2. The highest BCUT2D eigenvalue weighted by Crippen LogP contribution is 2.40. The lowest BCUT2D eigenvalue weighted by Gasteiger charge is -2.20. The van der Waals surface area contributed by atoms with Gasteiger partial charge in [-0.1, -0.05) is 27.7 Å². The van der Waals surface area contributed by atoms with Gasteiger partial charge in [-0.2, -0.15) is 0 Å². The van der Waals surface area contributed by atoms with Crippen molar-refractivity contribution in [3.8, 4) is 22.6 Å². The number of ether oxygens (including phenoxy) is 2. The lowest BCUT2D eigenvalue weighted by atomic mass is 10.1. The fourth-order valence-corrected chi connectivity index (χ4v) is 5.76. The lowest BCUT2D eigenvalue weighted by molar-refractivity contribution is 0.104. The quantitative estimate of drug-likeness (QED) is 0.118. The second kappa shape index (κ2) is 18.1. The number of fused-ring (bicyclic) bond motifs is 3. The maximum Gasteiger partial charge on any atom is 0.194 e. The van der Waals surface area contributed by atoms with E-state index in [0.29, 0.717) is 13.2 Å². The molecule has 2 aromatic carbocycles. The number of ketones is 1. The standard InChI is InChI=1S/C35H54N2O3/c1-5-19-36(20-6-2)23-11-9-13-25-39-29-15-17-31-32-18-16-30(28-34(32)35(38)33(31)27-29)40-26-14-10-12-24-37(21-7-3)22-8-4/h15-18,27-28H,5-14,19-26H2,1-4H3. The molecule has 0 radical (unpaired) electrons. The third-order valence-electron chi connectivity index (χ3n) is 7.70. The molecule has 0 unspecified atom stereocenters. The molecule has 0 aromatic heterocycles. The molecule has 0 atom stereocenters. The molecule has 0 heterocycles. The first kappa shape index (κ1) is 32.1. The van der Waals surface area contributed by atoms with E-state index in [1.54, 1.807) is 0 Å². The van der Waals surface area contributed by atoms with Crippen molar-refractivity contribution in [3.05, 3.63) is 47.5 Å². The third kappa shape index (κ3) is 9.92. The summed E-state index contributed by atoms with van der Waals surface area (Å²) < 4.78 is 12.1. The SMILES string of the molecule is CCCN(CCC)CCCCCOc1ccc2c(c1)C(=O)c1cc(OCCCCCN(CCC)CCC)ccc1-2. The molecule has 0 saturated heterocycles. The Morgan fingerprint density at radius 2 is 0.900 bits per heavy atom. The van der Waals surface area contributed by atoms with Gasteiger partial charge < -0.3 is 19.3 Å². The van der Waals surface area contributed by atoms with E-state index >= 15 is 0 Å². The maximum atomic E-state index is 13.2. The molecule has 0 saturated carbocycles. The predicted molar refractivity (Wildman–Crippen MR) is 168 cm³/mol. The number of nitrogens with zero attached hydrogens (tertiary/aromatic N) is 2. The minimum Gasteiger partial charge on any atom is -0.494 e. The predicted octanol–water partition coefficient (Wildman–Crippen LogP) is 8.24. The van der Waals surface area contributed by atoms with E-state index in [0.717, 1.165) is 59.4 Å². The van der Waals surface area contributed by atoms with Gasteiger partial charge in [-0.05, 0) is 151 Å². The van der Waals surface area contributed by atoms with Crippen LogP contribution in [-0.2, 0) is 0 Å². The Hall–Kier alpha value is -2.37. The van der Waals surface area contributed by atoms with E-state index in [2.05, 4.69) is 37.5 Å². The number of hydrogen-bond donors (Lipinski definition) is 0. The van der Waals surface area contributed by atoms with Crippen LogP contribution >= 0.6 is 0 Å². The summed E-state index contributed by atoms with van der Waals surface area (Å²) in [6, 6.07) is 11.9. The molecule has 0 aliphatic heterocycles. The van der Waals surface area contributed by atoms with E-state index in [4.69, 9.17) is 9.47 Å². The average molecular weight is 551 g/mol. The Bertz CT molecular complexity index is 930. The minimum absolute atomic E-state index is 0.0692. The van der Waals surface area contributed by atoms with Gasteiger partial charge in [-0.25, -0.2) is 0 Å². The van der Waals surface area contributed by atoms with Crippen molar-refractivity contribution >= 4 is 5.78 Å². The summed E-state index contributed by atoms with van der Waals surface area (Å²) >= 11 is 0. The number of carbonyl (C=O) groups excluding carboxylic acids is 1. The summed E-state index contributed by atoms with van der Waals surface area (Å²) in [5.74, 6) is 1.64. The maximum absolute atomic E-state index is 13.2. The first-order valence-corrected chi connectivity index (χ1v) is 16.1. The molecular weight excluding hydrogens is 496 g/mol. The van der Waals surface area contributed by atoms with Crippen molar-refractivity contribution in [2.24, 2.45) is 0 Å². The lowest BCUT2D eigenvalue weighted by Crippen LogP contribution is -2.26. The number of rotatable bonds is 22. The first-order chi connectivity index (χ1) is 19.6. The molecule has 1 aliphatic carbocycles. The van der Waals surface area contributed by atoms with Crippen LogP contribution in [0.3, 0.4) is 0 Å². The van der Waals surface area contributed by atoms with Crippen LogP contribution in [0.2, 0.25) is 0 Å². The van der Waals surface area contributed by atoms with Crippen LogP contribution in [0.1, 0.15) is 108 Å². The highest BCUT2D eigenvalue weighted by Gasteiger charge is 2.27. The highest BCUT2D eigenvalue weighted by atomic mass is 16.5. The van der Waals surface area contributed by atoms with Crippen molar-refractivity contribution < 1.29 is 14.3 Å². The molecule has 2 aromatic rings. The van der Waals surface area contributed by atoms with Crippen molar-refractivity contribution in [1.82, 2.24) is 9.80 Å². The van der Waals surface area contributed by atoms with Crippen LogP contribution in [0.25, 0.3) is 11.1 Å². The third-order valence-corrected chi connectivity index (χ3v) is 7.70. The van der Waals surface area contributed by atoms with Crippen molar-refractivity contribution in [2.75, 3.05) is 52.5 Å². The summed E-state index contributed by atoms with van der Waals surface area (Å²) in [4.78, 5) is 18.4. The van der Waals surface area contributed by atoms with E-state index in [9.17, 15) is 4.79 Å². The van der Waals surface area contributed by atoms with Gasteiger partial charge in [-0.3, -0.25) is 4.79 Å². The van der Waals surface area contributed by atoms with Crippen LogP contribution in [0, 0.1) is 0 Å². The van der Waals surface area contributed by atoms with Gasteiger partial charge in [0, 0.05) is 11.1 Å². The van der Waals surface area contributed by atoms with Crippen LogP contribution in [0.4, 0.5) is 0 Å². The Morgan fingerprint density at radius 1 is 0.500 bits per heavy atom. The van der Waals surface area contributed by atoms with Gasteiger partial charge in [0.05, 0.1) is 13.2 Å². The topological polar surface area (TPSA) is 42.0 Å². The molecular formula is C35H54N2O3. The summed E-state index contributed by atoms with van der Waals surface area (Å²) in [7, 11) is 0. The molecule has 40 heavy (non-hydrogen) atoms. The molecule has 0 amide bonds. The smallest absolute Gasteiger partial charge is 0.194 e. The van der Waals surface area contributed by atoms with Crippen LogP contribution < -0.4 is 9.47 Å². The molecule has 0 fully saturated rings. The van der Waals surface area contributed by atoms with Gasteiger partial charge >= 0.3 is 0 Å². The largest absolute Gasteiger partial charge is 0.494 e. The van der Waals surface area contributed by atoms with Crippen molar-refractivity contribution in [3.63, 3.8) is 0 Å². The summed E-state index contributed by atoms with van der Waals surface area (Å²) in [5, 5.41) is 0. The normalized spacial score (nSPS) is 12.3. The summed E-state index contributed by atoms with van der Waals surface area (Å²) in [6.45, 7) is 17.5. The van der Waals surface area contributed by atoms with Gasteiger partial charge in [0.1, 0.15) is 11.5 Å². The number of hydrogen-bond acceptors (Lipinski definition) is 5. The first-order valence-electron chi connectivity index (χ1n) is 16.1. The Labute approximate surface area is 244 Å². The zero-order chi connectivity index (χ0) is 28.6. The van der Waals surface area contributed by atoms with Crippen LogP contribution in [0.15, 0.2) is 36.4 Å². The molecule has 0 bridgehead atoms. The number of carbonyl (C=O) groups is 1. The number of unbranched alkanes of at least 4 members (excludes halogenated alkanes) is 4. The van der Waals surface area contributed by atoms with Crippen LogP contribution in [-0.4, -0.2) is 68.1 Å². The van der Waals surface area contributed by atoms with Crippen molar-refractivity contribution in [1.29, 1.82) is 0 Å². The van der Waals surface area contributed by atoms with E-state index in [1.807, 2.05) is 36.4 Å². The molecule has 1 aliphatic rings. The van der Waals surface area contributed by atoms with Crippen LogP contribution in [0.5, 0.6) is 11.5 Å². The summed E-state index contributed by atoms with van der Waals surface area (Å²) in [5.41, 5.74) is 3.47. The fraction of sp³-hybridized carbons (Fsp3) is 0.629. The van der Waals surface area contributed by atoms with Crippen molar-refractivity contribution in [2.45, 2.75) is 91.9 Å². The zero-order valence-corrected chi connectivity index (χ0v) is 25.8. The number of benzene rings is 2. The fourth-order valence-electron chi connectivity index (χ4n) is 5.76. The van der Waals surface area contributed by atoms with E-state index in [-0.39, 0.29) is 5.78 Å². The average Bonchev–Trinajstić information content (AvgIpc) is 3.23. The van der Waals surface area contributed by atoms with E-state index in [1.165, 1.54) is 77.8 Å². The molecule has 0 spiro atoms. The van der Waals surface area contributed by atoms with Gasteiger partial charge in [0.25, 0.3) is 0 Å². The molecule has 222 valence electrons. The second-order valence-corrected chi connectivity index (χ2v) is 11.2. The Kier molecular flexibility index (Phi) is 14.6. The van der Waals surface area contributed by atoms with Gasteiger partial charge in [0.15, 0.2) is 5.78 Å². The molecule has 3 rings (SSSR count). The molecule has 5 nitrogen and oxygen atoms in total. The minimum atomic E-state index is 0.0692. The Balaban J connectivity index is 1.41. The molecule has 0 N–H and O–H groups in total. The highest BCUT2D eigenvalue weighted by molar-refractivity contribution is 6.22. The van der Waals surface area contributed by atoms with Gasteiger partial charge in [-0.15, -0.1) is 0 Å². The van der Waals surface area contributed by atoms with Gasteiger partial charge in [0.2, 0.25) is 0 Å². The Morgan fingerprint density at radius 3 is 1.27 bits per heavy atom. The van der Waals surface area contributed by atoms with E-state index < -0.39 is 0 Å². The summed E-state index contributed by atoms with van der Waals surface area (Å²) in [6.07, 6.45) is 11.7. The zero-order valence-electron chi connectivity index (χ0n) is 25.8.